The molecule has 0 aliphatic carbocycles. The third-order valence-electron chi connectivity index (χ3n) is 3.13. The Morgan fingerprint density at radius 2 is 1.79 bits per heavy atom. The van der Waals surface area contributed by atoms with Gasteiger partial charge in [-0.1, -0.05) is 25.1 Å². The van der Waals surface area contributed by atoms with Crippen LogP contribution in [0.15, 0.2) is 54.9 Å². The first-order valence-electron chi connectivity index (χ1n) is 6.78. The smallest absolute Gasteiger partial charge is 0.0340 e. The fraction of sp³-hybridized carbons (Fsp3) is 0.312. The van der Waals surface area contributed by atoms with Gasteiger partial charge in [-0.3, -0.25) is 9.88 Å². The molecule has 1 aromatic carbocycles. The van der Waals surface area contributed by atoms with E-state index in [-0.39, 0.29) is 0 Å². The SMILES string of the molecule is CCN(CCNc1ccccc1)Cc1ccncc1. The molecule has 0 saturated carbocycles. The molecule has 0 atom stereocenters. The molecule has 0 saturated heterocycles. The lowest BCUT2D eigenvalue weighted by Crippen LogP contribution is -2.28. The van der Waals surface area contributed by atoms with Gasteiger partial charge in [-0.15, -0.1) is 0 Å². The molecule has 2 aromatic rings. The molecule has 0 bridgehead atoms. The van der Waals surface area contributed by atoms with E-state index in [4.69, 9.17) is 0 Å². The van der Waals surface area contributed by atoms with Crippen molar-refractivity contribution in [2.45, 2.75) is 13.5 Å². The molecule has 0 spiro atoms. The molecule has 1 aromatic heterocycles. The van der Waals surface area contributed by atoms with Crippen LogP contribution >= 0.6 is 0 Å². The van der Waals surface area contributed by atoms with E-state index in [1.54, 1.807) is 0 Å². The fourth-order valence-corrected chi connectivity index (χ4v) is 2.01. The van der Waals surface area contributed by atoms with Gasteiger partial charge in [-0.25, -0.2) is 0 Å². The third-order valence-corrected chi connectivity index (χ3v) is 3.13. The summed E-state index contributed by atoms with van der Waals surface area (Å²) in [7, 11) is 0. The first-order chi connectivity index (χ1) is 9.38. The minimum atomic E-state index is 0.961. The standard InChI is InChI=1S/C16H21N3/c1-2-19(14-15-8-10-17-11-9-15)13-12-18-16-6-4-3-5-7-16/h3-11,18H,2,12-14H2,1H3. The Hall–Kier alpha value is -1.87. The Bertz CT molecular complexity index is 456. The zero-order valence-corrected chi connectivity index (χ0v) is 11.4. The maximum atomic E-state index is 4.05. The van der Waals surface area contributed by atoms with Crippen LogP contribution in [0.1, 0.15) is 12.5 Å². The Kier molecular flexibility index (Phi) is 5.38. The van der Waals surface area contributed by atoms with Gasteiger partial charge >= 0.3 is 0 Å². The maximum absolute atomic E-state index is 4.05. The minimum absolute atomic E-state index is 0.961. The van der Waals surface area contributed by atoms with Crippen molar-refractivity contribution in [2.75, 3.05) is 25.0 Å². The highest BCUT2D eigenvalue weighted by Crippen LogP contribution is 2.05. The summed E-state index contributed by atoms with van der Waals surface area (Å²) in [4.78, 5) is 6.47. The highest BCUT2D eigenvalue weighted by molar-refractivity contribution is 5.42. The van der Waals surface area contributed by atoms with Gasteiger partial charge in [0, 0.05) is 37.7 Å². The van der Waals surface area contributed by atoms with E-state index in [0.29, 0.717) is 0 Å². The molecule has 3 heteroatoms. The summed E-state index contributed by atoms with van der Waals surface area (Å²) < 4.78 is 0. The number of hydrogen-bond acceptors (Lipinski definition) is 3. The minimum Gasteiger partial charge on any atom is -0.384 e. The second-order valence-electron chi connectivity index (χ2n) is 4.52. The molecule has 0 aliphatic heterocycles. The first kappa shape index (κ1) is 13.6. The fourth-order valence-electron chi connectivity index (χ4n) is 2.01. The molecule has 0 radical (unpaired) electrons. The summed E-state index contributed by atoms with van der Waals surface area (Å²) in [5.74, 6) is 0. The van der Waals surface area contributed by atoms with Crippen molar-refractivity contribution in [2.24, 2.45) is 0 Å². The van der Waals surface area contributed by atoms with Gasteiger partial charge in [0.05, 0.1) is 0 Å². The van der Waals surface area contributed by atoms with Gasteiger partial charge in [-0.05, 0) is 36.4 Å². The lowest BCUT2D eigenvalue weighted by Gasteiger charge is -2.20. The van der Waals surface area contributed by atoms with E-state index in [2.05, 4.69) is 58.5 Å². The number of nitrogens with one attached hydrogen (secondary N) is 1. The average molecular weight is 255 g/mol. The second-order valence-corrected chi connectivity index (χ2v) is 4.52. The molecule has 3 nitrogen and oxygen atoms in total. The van der Waals surface area contributed by atoms with E-state index in [0.717, 1.165) is 26.2 Å². The van der Waals surface area contributed by atoms with Crippen LogP contribution in [-0.4, -0.2) is 29.5 Å². The Balaban J connectivity index is 1.77. The Labute approximate surface area is 115 Å². The lowest BCUT2D eigenvalue weighted by atomic mass is 10.2. The number of hydrogen-bond donors (Lipinski definition) is 1. The van der Waals surface area contributed by atoms with Crippen LogP contribution in [0.4, 0.5) is 5.69 Å². The summed E-state index contributed by atoms with van der Waals surface area (Å²) in [6, 6.07) is 14.5. The molecule has 1 heterocycles. The number of aromatic nitrogens is 1. The number of rotatable bonds is 7. The van der Waals surface area contributed by atoms with E-state index < -0.39 is 0 Å². The number of pyridine rings is 1. The zero-order chi connectivity index (χ0) is 13.3. The first-order valence-corrected chi connectivity index (χ1v) is 6.78. The average Bonchev–Trinajstić information content (AvgIpc) is 2.48. The molecule has 0 fully saturated rings. The molecule has 2 rings (SSSR count). The summed E-state index contributed by atoms with van der Waals surface area (Å²) >= 11 is 0. The highest BCUT2D eigenvalue weighted by atomic mass is 15.1. The van der Waals surface area contributed by atoms with Crippen LogP contribution in [0.3, 0.4) is 0 Å². The second kappa shape index (κ2) is 7.54. The molecule has 1 N–H and O–H groups in total. The molecule has 19 heavy (non-hydrogen) atoms. The van der Waals surface area contributed by atoms with Crippen molar-refractivity contribution >= 4 is 5.69 Å². The van der Waals surface area contributed by atoms with Crippen LogP contribution in [-0.2, 0) is 6.54 Å². The van der Waals surface area contributed by atoms with Crippen molar-refractivity contribution in [3.63, 3.8) is 0 Å². The summed E-state index contributed by atoms with van der Waals surface area (Å²) in [5.41, 5.74) is 2.50. The van der Waals surface area contributed by atoms with E-state index >= 15 is 0 Å². The lowest BCUT2D eigenvalue weighted by molar-refractivity contribution is 0.291. The van der Waals surface area contributed by atoms with Crippen LogP contribution in [0.2, 0.25) is 0 Å². The number of para-hydroxylation sites is 1. The third kappa shape index (κ3) is 4.72. The van der Waals surface area contributed by atoms with Crippen LogP contribution < -0.4 is 5.32 Å². The normalized spacial score (nSPS) is 10.6. The van der Waals surface area contributed by atoms with E-state index in [1.807, 2.05) is 18.5 Å². The summed E-state index contributed by atoms with van der Waals surface area (Å²) in [5, 5.41) is 3.44. The number of likely N-dealkylation sites (N-methyl/N-ethyl adjacent to an activating group) is 1. The zero-order valence-electron chi connectivity index (χ0n) is 11.4. The molecule has 0 amide bonds. The van der Waals surface area contributed by atoms with Gasteiger partial charge in [-0.2, -0.15) is 0 Å². The predicted octanol–water partition coefficient (Wildman–Crippen LogP) is 3.02. The van der Waals surface area contributed by atoms with Crippen molar-refractivity contribution in [3.8, 4) is 0 Å². The molecular weight excluding hydrogens is 234 g/mol. The van der Waals surface area contributed by atoms with Crippen molar-refractivity contribution in [3.05, 3.63) is 60.4 Å². The summed E-state index contributed by atoms with van der Waals surface area (Å²) in [6.45, 7) is 6.23. The molecule has 0 unspecified atom stereocenters. The van der Waals surface area contributed by atoms with Crippen molar-refractivity contribution < 1.29 is 0 Å². The highest BCUT2D eigenvalue weighted by Gasteiger charge is 2.03. The van der Waals surface area contributed by atoms with Gasteiger partial charge in [0.1, 0.15) is 0 Å². The number of anilines is 1. The van der Waals surface area contributed by atoms with Crippen molar-refractivity contribution in [1.82, 2.24) is 9.88 Å². The van der Waals surface area contributed by atoms with Gasteiger partial charge < -0.3 is 5.32 Å². The predicted molar refractivity (Wildman–Crippen MR) is 80.1 cm³/mol. The Morgan fingerprint density at radius 1 is 1.05 bits per heavy atom. The monoisotopic (exact) mass is 255 g/mol. The van der Waals surface area contributed by atoms with E-state index in [1.165, 1.54) is 11.3 Å². The van der Waals surface area contributed by atoms with Gasteiger partial charge in [0.2, 0.25) is 0 Å². The molecular formula is C16H21N3. The van der Waals surface area contributed by atoms with E-state index in [9.17, 15) is 0 Å². The summed E-state index contributed by atoms with van der Waals surface area (Å²) in [6.07, 6.45) is 3.71. The quantitative estimate of drug-likeness (QED) is 0.824. The van der Waals surface area contributed by atoms with Crippen LogP contribution in [0.5, 0.6) is 0 Å². The molecule has 0 aliphatic rings. The van der Waals surface area contributed by atoms with Crippen LogP contribution in [0, 0.1) is 0 Å². The maximum Gasteiger partial charge on any atom is 0.0340 e. The number of benzene rings is 1. The largest absolute Gasteiger partial charge is 0.384 e. The molecule has 100 valence electrons. The van der Waals surface area contributed by atoms with Gasteiger partial charge in [0.25, 0.3) is 0 Å². The topological polar surface area (TPSA) is 28.2 Å². The van der Waals surface area contributed by atoms with Crippen LogP contribution in [0.25, 0.3) is 0 Å². The van der Waals surface area contributed by atoms with Crippen molar-refractivity contribution in [1.29, 1.82) is 0 Å². The Morgan fingerprint density at radius 3 is 2.47 bits per heavy atom. The van der Waals surface area contributed by atoms with Gasteiger partial charge in [0.15, 0.2) is 0 Å². The number of nitrogens with zero attached hydrogens (tertiary/aromatic N) is 2.